The van der Waals surface area contributed by atoms with Gasteiger partial charge in [0.1, 0.15) is 11.6 Å². The van der Waals surface area contributed by atoms with Crippen LogP contribution in [-0.4, -0.2) is 11.6 Å². The van der Waals surface area contributed by atoms with Gasteiger partial charge in [-0.1, -0.05) is 0 Å². The number of rotatable bonds is 4. The summed E-state index contributed by atoms with van der Waals surface area (Å²) in [6.45, 7) is 0. The maximum Gasteiger partial charge on any atom is 0.166 e. The van der Waals surface area contributed by atoms with Gasteiger partial charge >= 0.3 is 0 Å². The molecule has 0 amide bonds. The minimum absolute atomic E-state index is 0.143. The lowest BCUT2D eigenvalue weighted by Crippen LogP contribution is -2.09. The molecule has 3 rings (SSSR count). The Morgan fingerprint density at radius 2 is 1.05 bits per heavy atom. The molecule has 2 nitrogen and oxygen atoms in total. The van der Waals surface area contributed by atoms with Gasteiger partial charge in [-0.25, -0.2) is 8.78 Å². The maximum absolute atomic E-state index is 12.8. The van der Waals surface area contributed by atoms with Crippen molar-refractivity contribution in [3.05, 3.63) is 71.3 Å². The fourth-order valence-corrected chi connectivity index (χ4v) is 2.43. The highest BCUT2D eigenvalue weighted by molar-refractivity contribution is 6.08. The summed E-state index contributed by atoms with van der Waals surface area (Å²) in [4.78, 5) is 24.4. The standard InChI is InChI=1S/C17H12F2O2/c18-12-5-1-10(2-6-12)16(20)14-9-15(14)17(21)11-3-7-13(19)8-4-11/h1-8,14-15H,9H2/t14-,15-/m1/s1. The van der Waals surface area contributed by atoms with E-state index in [1.54, 1.807) is 0 Å². The molecule has 2 atom stereocenters. The lowest BCUT2D eigenvalue weighted by molar-refractivity contribution is 0.0905. The summed E-state index contributed by atoms with van der Waals surface area (Å²) in [6.07, 6.45) is 0.492. The van der Waals surface area contributed by atoms with E-state index in [-0.39, 0.29) is 23.4 Å². The van der Waals surface area contributed by atoms with Crippen molar-refractivity contribution in [2.45, 2.75) is 6.42 Å². The van der Waals surface area contributed by atoms with Crippen LogP contribution in [0.2, 0.25) is 0 Å². The molecule has 0 heterocycles. The van der Waals surface area contributed by atoms with E-state index in [9.17, 15) is 18.4 Å². The molecule has 2 aromatic rings. The number of carbonyl (C=O) groups excluding carboxylic acids is 2. The highest BCUT2D eigenvalue weighted by Crippen LogP contribution is 2.43. The third-order valence-corrected chi connectivity index (χ3v) is 3.72. The first-order valence-corrected chi connectivity index (χ1v) is 6.66. The third-order valence-electron chi connectivity index (χ3n) is 3.72. The zero-order chi connectivity index (χ0) is 15.0. The molecule has 0 aromatic heterocycles. The molecule has 0 bridgehead atoms. The molecule has 106 valence electrons. The monoisotopic (exact) mass is 286 g/mol. The lowest BCUT2D eigenvalue weighted by Gasteiger charge is -2.01. The second-order valence-electron chi connectivity index (χ2n) is 5.19. The summed E-state index contributed by atoms with van der Waals surface area (Å²) < 4.78 is 25.7. The molecule has 1 aliphatic rings. The van der Waals surface area contributed by atoms with Crippen LogP contribution in [0.3, 0.4) is 0 Å². The molecule has 1 aliphatic carbocycles. The third kappa shape index (κ3) is 2.75. The van der Waals surface area contributed by atoms with Gasteiger partial charge in [0.15, 0.2) is 11.6 Å². The first-order valence-electron chi connectivity index (χ1n) is 6.66. The first-order chi connectivity index (χ1) is 10.1. The van der Waals surface area contributed by atoms with E-state index < -0.39 is 11.6 Å². The average molecular weight is 286 g/mol. The number of Topliss-reactive ketones (excluding diaryl/α,β-unsaturated/α-hetero) is 2. The Hall–Kier alpha value is -2.36. The van der Waals surface area contributed by atoms with Crippen LogP contribution in [0.1, 0.15) is 27.1 Å². The highest BCUT2D eigenvalue weighted by atomic mass is 19.1. The first kappa shape index (κ1) is 13.6. The van der Waals surface area contributed by atoms with Gasteiger partial charge < -0.3 is 0 Å². The van der Waals surface area contributed by atoms with Crippen molar-refractivity contribution in [1.82, 2.24) is 0 Å². The molecule has 0 saturated heterocycles. The van der Waals surface area contributed by atoms with Gasteiger partial charge in [0.05, 0.1) is 0 Å². The average Bonchev–Trinajstić information content (AvgIpc) is 3.28. The van der Waals surface area contributed by atoms with E-state index in [1.165, 1.54) is 48.5 Å². The van der Waals surface area contributed by atoms with E-state index in [0.717, 1.165) is 0 Å². The second-order valence-corrected chi connectivity index (χ2v) is 5.19. The van der Waals surface area contributed by atoms with Crippen LogP contribution in [-0.2, 0) is 0 Å². The molecular weight excluding hydrogens is 274 g/mol. The highest BCUT2D eigenvalue weighted by Gasteiger charge is 2.47. The quantitative estimate of drug-likeness (QED) is 0.804. The smallest absolute Gasteiger partial charge is 0.166 e. The summed E-state index contributed by atoms with van der Waals surface area (Å²) in [5, 5.41) is 0. The number of ketones is 2. The molecule has 0 N–H and O–H groups in total. The molecule has 0 radical (unpaired) electrons. The molecule has 2 aromatic carbocycles. The predicted molar refractivity (Wildman–Crippen MR) is 73.1 cm³/mol. The largest absolute Gasteiger partial charge is 0.294 e. The number of hydrogen-bond acceptors (Lipinski definition) is 2. The van der Waals surface area contributed by atoms with Crippen molar-refractivity contribution in [2.24, 2.45) is 11.8 Å². The Morgan fingerprint density at radius 1 is 0.714 bits per heavy atom. The van der Waals surface area contributed by atoms with Gasteiger partial charge in [0.2, 0.25) is 0 Å². The lowest BCUT2D eigenvalue weighted by atomic mass is 10.0. The summed E-state index contributed by atoms with van der Waals surface area (Å²) >= 11 is 0. The van der Waals surface area contributed by atoms with Gasteiger partial charge in [0, 0.05) is 23.0 Å². The van der Waals surface area contributed by atoms with Gasteiger partial charge in [-0.05, 0) is 55.0 Å². The fraction of sp³-hybridized carbons (Fsp3) is 0.176. The van der Waals surface area contributed by atoms with Gasteiger partial charge in [0.25, 0.3) is 0 Å². The van der Waals surface area contributed by atoms with Crippen LogP contribution >= 0.6 is 0 Å². The van der Waals surface area contributed by atoms with Crippen molar-refractivity contribution >= 4 is 11.6 Å². The Kier molecular flexibility index (Phi) is 3.37. The van der Waals surface area contributed by atoms with E-state index >= 15 is 0 Å². The predicted octanol–water partition coefficient (Wildman–Crippen LogP) is 3.67. The van der Waals surface area contributed by atoms with Crippen LogP contribution in [0, 0.1) is 23.5 Å². The molecule has 0 aliphatic heterocycles. The Balaban J connectivity index is 1.71. The van der Waals surface area contributed by atoms with E-state index in [0.29, 0.717) is 17.5 Å². The summed E-state index contributed by atoms with van der Waals surface area (Å²) in [7, 11) is 0. The number of benzene rings is 2. The fourth-order valence-electron chi connectivity index (χ4n) is 2.43. The topological polar surface area (TPSA) is 34.1 Å². The molecule has 1 fully saturated rings. The van der Waals surface area contributed by atoms with Crippen molar-refractivity contribution < 1.29 is 18.4 Å². The van der Waals surface area contributed by atoms with Gasteiger partial charge in [-0.3, -0.25) is 9.59 Å². The van der Waals surface area contributed by atoms with Crippen molar-refractivity contribution in [2.75, 3.05) is 0 Å². The van der Waals surface area contributed by atoms with E-state index in [1.807, 2.05) is 0 Å². The van der Waals surface area contributed by atoms with Crippen LogP contribution in [0.15, 0.2) is 48.5 Å². The number of halogens is 2. The van der Waals surface area contributed by atoms with Crippen molar-refractivity contribution in [3.8, 4) is 0 Å². The van der Waals surface area contributed by atoms with E-state index in [4.69, 9.17) is 0 Å². The zero-order valence-corrected chi connectivity index (χ0v) is 11.1. The van der Waals surface area contributed by atoms with Crippen molar-refractivity contribution in [3.63, 3.8) is 0 Å². The van der Waals surface area contributed by atoms with E-state index in [2.05, 4.69) is 0 Å². The summed E-state index contributed by atoms with van der Waals surface area (Å²) in [5.74, 6) is -1.80. The minimum Gasteiger partial charge on any atom is -0.294 e. The van der Waals surface area contributed by atoms with Crippen molar-refractivity contribution in [1.29, 1.82) is 0 Å². The molecule has 21 heavy (non-hydrogen) atoms. The Labute approximate surface area is 120 Å². The van der Waals surface area contributed by atoms with Gasteiger partial charge in [-0.15, -0.1) is 0 Å². The molecule has 0 spiro atoms. The second kappa shape index (κ2) is 5.20. The molecule has 0 unspecified atom stereocenters. The Morgan fingerprint density at radius 3 is 1.38 bits per heavy atom. The van der Waals surface area contributed by atoms with Gasteiger partial charge in [-0.2, -0.15) is 0 Å². The summed E-state index contributed by atoms with van der Waals surface area (Å²) in [5.41, 5.74) is 0.826. The molecule has 4 heteroatoms. The van der Waals surface area contributed by atoms with Crippen LogP contribution in [0.25, 0.3) is 0 Å². The van der Waals surface area contributed by atoms with Crippen LogP contribution < -0.4 is 0 Å². The molecular formula is C17H12F2O2. The minimum atomic E-state index is -0.402. The SMILES string of the molecule is O=C(c1ccc(F)cc1)[C@@H]1C[C@H]1C(=O)c1ccc(F)cc1. The van der Waals surface area contributed by atoms with Crippen LogP contribution in [0.5, 0.6) is 0 Å². The Bertz CT molecular complexity index is 628. The normalized spacial score (nSPS) is 20.1. The number of hydrogen-bond donors (Lipinski definition) is 0. The van der Waals surface area contributed by atoms with Crippen LogP contribution in [0.4, 0.5) is 8.78 Å². The summed E-state index contributed by atoms with van der Waals surface area (Å²) in [6, 6.07) is 10.6. The maximum atomic E-state index is 12.8. The molecule has 1 saturated carbocycles. The number of carbonyl (C=O) groups is 2. The zero-order valence-electron chi connectivity index (χ0n) is 11.1.